The summed E-state index contributed by atoms with van der Waals surface area (Å²) in [6, 6.07) is 6.11. The average Bonchev–Trinajstić information content (AvgIpc) is 3.17. The molecule has 1 N–H and O–H groups in total. The van der Waals surface area contributed by atoms with Crippen molar-refractivity contribution in [1.82, 2.24) is 15.1 Å². The lowest BCUT2D eigenvalue weighted by Crippen LogP contribution is -2.49. The van der Waals surface area contributed by atoms with Crippen molar-refractivity contribution in [2.24, 2.45) is 0 Å². The van der Waals surface area contributed by atoms with Crippen LogP contribution in [-0.4, -0.2) is 60.4 Å². The normalized spacial score (nSPS) is 17.5. The van der Waals surface area contributed by atoms with Crippen molar-refractivity contribution in [1.29, 1.82) is 0 Å². The predicted molar refractivity (Wildman–Crippen MR) is 102 cm³/mol. The van der Waals surface area contributed by atoms with Crippen molar-refractivity contribution in [3.8, 4) is 11.5 Å². The van der Waals surface area contributed by atoms with E-state index in [0.29, 0.717) is 12.5 Å². The Kier molecular flexibility index (Phi) is 5.18. The van der Waals surface area contributed by atoms with Crippen LogP contribution in [0.2, 0.25) is 0 Å². The van der Waals surface area contributed by atoms with E-state index in [1.165, 1.54) is 6.42 Å². The quantitative estimate of drug-likeness (QED) is 0.844. The topological polar surface area (TPSA) is 70.7 Å². The molecular formula is C20H26N4O3. The minimum Gasteiger partial charge on any atom is -0.493 e. The monoisotopic (exact) mass is 370 g/mol. The van der Waals surface area contributed by atoms with Crippen molar-refractivity contribution < 1.29 is 14.3 Å². The Hall–Kier alpha value is -2.70. The third-order valence-electron chi connectivity index (χ3n) is 5.40. The highest BCUT2D eigenvalue weighted by Gasteiger charge is 2.24. The first kappa shape index (κ1) is 17.7. The van der Waals surface area contributed by atoms with Gasteiger partial charge in [0, 0.05) is 44.1 Å². The zero-order valence-electron chi connectivity index (χ0n) is 15.7. The molecule has 7 nitrogen and oxygen atoms in total. The Bertz CT molecular complexity index is 766. The fourth-order valence-corrected chi connectivity index (χ4v) is 3.50. The first-order chi connectivity index (χ1) is 13.2. The van der Waals surface area contributed by atoms with Crippen LogP contribution in [0.4, 0.5) is 5.69 Å². The number of hydrogen-bond donors (Lipinski definition) is 1. The number of carbonyl (C=O) groups excluding carboxylic acids is 1. The molecule has 2 aromatic rings. The summed E-state index contributed by atoms with van der Waals surface area (Å²) in [4.78, 5) is 16.7. The number of piperazine rings is 1. The Morgan fingerprint density at radius 3 is 2.67 bits per heavy atom. The van der Waals surface area contributed by atoms with Crippen LogP contribution in [-0.2, 0) is 11.2 Å². The third kappa shape index (κ3) is 4.02. The molecule has 0 radical (unpaired) electrons. The van der Waals surface area contributed by atoms with Gasteiger partial charge in [0.15, 0.2) is 11.5 Å². The molecule has 0 spiro atoms. The summed E-state index contributed by atoms with van der Waals surface area (Å²) in [5.41, 5.74) is 2.04. The van der Waals surface area contributed by atoms with Gasteiger partial charge in [0.1, 0.15) is 0 Å². The number of aromatic nitrogens is 2. The van der Waals surface area contributed by atoms with E-state index in [0.717, 1.165) is 61.8 Å². The summed E-state index contributed by atoms with van der Waals surface area (Å²) >= 11 is 0. The molecule has 0 unspecified atom stereocenters. The SMILES string of the molecule is COc1ccc(N2CCN(C(=O)Cc3cn[nH]c3)CC2)cc1OC1CCC1. The molecule has 4 rings (SSSR count). The second kappa shape index (κ2) is 7.90. The van der Waals surface area contributed by atoms with E-state index in [-0.39, 0.29) is 5.91 Å². The number of nitrogens with zero attached hydrogens (tertiary/aromatic N) is 3. The number of amides is 1. The summed E-state index contributed by atoms with van der Waals surface area (Å²) in [5.74, 6) is 1.75. The minimum atomic E-state index is 0.153. The zero-order valence-corrected chi connectivity index (χ0v) is 15.7. The van der Waals surface area contributed by atoms with Gasteiger partial charge in [0.05, 0.1) is 25.8 Å². The Morgan fingerprint density at radius 1 is 1.22 bits per heavy atom. The minimum absolute atomic E-state index is 0.153. The fraction of sp³-hybridized carbons (Fsp3) is 0.500. The van der Waals surface area contributed by atoms with Crippen molar-refractivity contribution in [2.45, 2.75) is 31.8 Å². The van der Waals surface area contributed by atoms with Crippen molar-refractivity contribution >= 4 is 11.6 Å². The van der Waals surface area contributed by atoms with Crippen LogP contribution in [0.5, 0.6) is 11.5 Å². The highest BCUT2D eigenvalue weighted by atomic mass is 16.5. The summed E-state index contributed by atoms with van der Waals surface area (Å²) in [6.45, 7) is 3.07. The molecule has 1 aromatic carbocycles. The maximum absolute atomic E-state index is 12.4. The number of ether oxygens (including phenoxy) is 2. The van der Waals surface area contributed by atoms with Crippen LogP contribution in [0.3, 0.4) is 0 Å². The smallest absolute Gasteiger partial charge is 0.227 e. The molecule has 27 heavy (non-hydrogen) atoms. The Balaban J connectivity index is 1.37. The molecule has 144 valence electrons. The number of benzene rings is 1. The van der Waals surface area contributed by atoms with Gasteiger partial charge in [-0.3, -0.25) is 9.89 Å². The average molecular weight is 370 g/mol. The number of methoxy groups -OCH3 is 1. The van der Waals surface area contributed by atoms with E-state index in [2.05, 4.69) is 27.2 Å². The van der Waals surface area contributed by atoms with Crippen LogP contribution in [0.15, 0.2) is 30.6 Å². The number of aromatic amines is 1. The molecule has 7 heteroatoms. The molecule has 0 bridgehead atoms. The van der Waals surface area contributed by atoms with Crippen molar-refractivity contribution in [3.05, 3.63) is 36.2 Å². The molecule has 2 aliphatic rings. The van der Waals surface area contributed by atoms with E-state index in [4.69, 9.17) is 9.47 Å². The van der Waals surface area contributed by atoms with Crippen LogP contribution >= 0.6 is 0 Å². The molecule has 2 heterocycles. The number of H-pyrrole nitrogens is 1. The van der Waals surface area contributed by atoms with Gasteiger partial charge in [-0.05, 0) is 37.0 Å². The molecule has 2 fully saturated rings. The molecule has 1 aromatic heterocycles. The highest BCUT2D eigenvalue weighted by molar-refractivity contribution is 5.79. The third-order valence-corrected chi connectivity index (χ3v) is 5.40. The predicted octanol–water partition coefficient (Wildman–Crippen LogP) is 2.24. The number of nitrogens with one attached hydrogen (secondary N) is 1. The maximum Gasteiger partial charge on any atom is 0.227 e. The van der Waals surface area contributed by atoms with Gasteiger partial charge in [-0.25, -0.2) is 0 Å². The Morgan fingerprint density at radius 2 is 2.04 bits per heavy atom. The molecular weight excluding hydrogens is 344 g/mol. The summed E-state index contributed by atoms with van der Waals surface area (Å²) in [6.07, 6.45) is 7.66. The maximum atomic E-state index is 12.4. The molecule has 1 saturated carbocycles. The second-order valence-electron chi connectivity index (χ2n) is 7.16. The van der Waals surface area contributed by atoms with Gasteiger partial charge >= 0.3 is 0 Å². The zero-order chi connectivity index (χ0) is 18.6. The first-order valence-electron chi connectivity index (χ1n) is 9.58. The number of carbonyl (C=O) groups is 1. The number of anilines is 1. The van der Waals surface area contributed by atoms with Crippen LogP contribution < -0.4 is 14.4 Å². The standard InChI is InChI=1S/C20H26N4O3/c1-26-18-6-5-16(12-19(18)27-17-3-2-4-17)23-7-9-24(10-8-23)20(25)11-15-13-21-22-14-15/h5-6,12-14,17H,2-4,7-11H2,1H3,(H,21,22). The highest BCUT2D eigenvalue weighted by Crippen LogP contribution is 2.35. The van der Waals surface area contributed by atoms with Crippen LogP contribution in [0, 0.1) is 0 Å². The molecule has 1 aliphatic carbocycles. The van der Waals surface area contributed by atoms with Gasteiger partial charge in [-0.15, -0.1) is 0 Å². The second-order valence-corrected chi connectivity index (χ2v) is 7.16. The van der Waals surface area contributed by atoms with E-state index in [9.17, 15) is 4.79 Å². The largest absolute Gasteiger partial charge is 0.493 e. The van der Waals surface area contributed by atoms with E-state index >= 15 is 0 Å². The van der Waals surface area contributed by atoms with Gasteiger partial charge in [0.2, 0.25) is 5.91 Å². The molecule has 1 aliphatic heterocycles. The molecule has 0 atom stereocenters. The lowest BCUT2D eigenvalue weighted by Gasteiger charge is -2.36. The van der Waals surface area contributed by atoms with Crippen LogP contribution in [0.1, 0.15) is 24.8 Å². The first-order valence-corrected chi connectivity index (χ1v) is 9.58. The van der Waals surface area contributed by atoms with E-state index < -0.39 is 0 Å². The summed E-state index contributed by atoms with van der Waals surface area (Å²) in [5, 5.41) is 6.65. The van der Waals surface area contributed by atoms with Crippen LogP contribution in [0.25, 0.3) is 0 Å². The van der Waals surface area contributed by atoms with Crippen molar-refractivity contribution in [2.75, 3.05) is 38.2 Å². The van der Waals surface area contributed by atoms with Gasteiger partial charge in [0.25, 0.3) is 0 Å². The van der Waals surface area contributed by atoms with Gasteiger partial charge < -0.3 is 19.3 Å². The van der Waals surface area contributed by atoms with E-state index in [1.54, 1.807) is 19.5 Å². The lowest BCUT2D eigenvalue weighted by atomic mass is 9.96. The number of hydrogen-bond acceptors (Lipinski definition) is 5. The van der Waals surface area contributed by atoms with E-state index in [1.807, 2.05) is 11.0 Å². The Labute approximate surface area is 159 Å². The van der Waals surface area contributed by atoms with Crippen molar-refractivity contribution in [3.63, 3.8) is 0 Å². The lowest BCUT2D eigenvalue weighted by molar-refractivity contribution is -0.130. The fourth-order valence-electron chi connectivity index (χ4n) is 3.50. The van der Waals surface area contributed by atoms with Gasteiger partial charge in [-0.2, -0.15) is 5.10 Å². The van der Waals surface area contributed by atoms with Gasteiger partial charge in [-0.1, -0.05) is 0 Å². The molecule has 1 saturated heterocycles. The molecule has 1 amide bonds. The summed E-state index contributed by atoms with van der Waals surface area (Å²) < 4.78 is 11.5. The number of rotatable bonds is 6. The summed E-state index contributed by atoms with van der Waals surface area (Å²) in [7, 11) is 1.67.